The van der Waals surface area contributed by atoms with Crippen LogP contribution in [0.25, 0.3) is 22.2 Å². The van der Waals surface area contributed by atoms with Crippen LogP contribution >= 0.6 is 23.2 Å². The zero-order valence-electron chi connectivity index (χ0n) is 17.5. The molecule has 1 heterocycles. The maximum Gasteiger partial charge on any atom is 0.339 e. The lowest BCUT2D eigenvalue weighted by Crippen LogP contribution is -2.21. The van der Waals surface area contributed by atoms with Crippen molar-refractivity contribution < 1.29 is 19.1 Å². The number of hydrogen-bond donors (Lipinski definition) is 1. The number of esters is 1. The minimum atomic E-state index is -0.643. The van der Waals surface area contributed by atoms with Gasteiger partial charge < -0.3 is 14.8 Å². The van der Waals surface area contributed by atoms with Crippen LogP contribution in [0.15, 0.2) is 72.8 Å². The van der Waals surface area contributed by atoms with Gasteiger partial charge in [0.05, 0.1) is 39.6 Å². The molecule has 4 rings (SSSR count). The highest BCUT2D eigenvalue weighted by molar-refractivity contribution is 6.44. The first-order valence-electron chi connectivity index (χ1n) is 9.91. The van der Waals surface area contributed by atoms with Crippen molar-refractivity contribution in [1.82, 2.24) is 4.98 Å². The molecule has 0 aliphatic rings. The van der Waals surface area contributed by atoms with E-state index in [4.69, 9.17) is 32.7 Å². The normalized spacial score (nSPS) is 10.6. The average Bonchev–Trinajstić information content (AvgIpc) is 2.84. The lowest BCUT2D eigenvalue weighted by molar-refractivity contribution is -0.119. The van der Waals surface area contributed by atoms with Gasteiger partial charge in [0, 0.05) is 10.9 Å². The highest BCUT2D eigenvalue weighted by Crippen LogP contribution is 2.30. The van der Waals surface area contributed by atoms with E-state index in [1.165, 1.54) is 0 Å². The number of hydrogen-bond acceptors (Lipinski definition) is 5. The van der Waals surface area contributed by atoms with Gasteiger partial charge >= 0.3 is 5.97 Å². The van der Waals surface area contributed by atoms with Crippen molar-refractivity contribution in [2.45, 2.75) is 0 Å². The molecule has 0 saturated heterocycles. The van der Waals surface area contributed by atoms with E-state index in [9.17, 15) is 9.59 Å². The van der Waals surface area contributed by atoms with Crippen LogP contribution in [0.2, 0.25) is 10.0 Å². The number of rotatable bonds is 6. The van der Waals surface area contributed by atoms with E-state index in [-0.39, 0.29) is 5.02 Å². The predicted molar refractivity (Wildman–Crippen MR) is 129 cm³/mol. The second-order valence-electron chi connectivity index (χ2n) is 7.03. The van der Waals surface area contributed by atoms with E-state index in [0.29, 0.717) is 38.6 Å². The summed E-state index contributed by atoms with van der Waals surface area (Å²) < 4.78 is 10.5. The van der Waals surface area contributed by atoms with E-state index in [0.717, 1.165) is 5.56 Å². The molecule has 0 fully saturated rings. The molecule has 0 aliphatic carbocycles. The molecule has 1 amide bonds. The maximum atomic E-state index is 12.9. The van der Waals surface area contributed by atoms with Crippen molar-refractivity contribution in [3.63, 3.8) is 0 Å². The molecule has 0 aliphatic heterocycles. The molecule has 6 nitrogen and oxygen atoms in total. The van der Waals surface area contributed by atoms with Crippen LogP contribution in [0.5, 0.6) is 5.75 Å². The third kappa shape index (κ3) is 5.08. The quantitative estimate of drug-likeness (QED) is 0.341. The van der Waals surface area contributed by atoms with Crippen molar-refractivity contribution >= 4 is 51.7 Å². The lowest BCUT2D eigenvalue weighted by atomic mass is 10.0. The third-order valence-corrected chi connectivity index (χ3v) is 5.70. The molecule has 33 heavy (non-hydrogen) atoms. The summed E-state index contributed by atoms with van der Waals surface area (Å²) >= 11 is 12.0. The molecule has 0 unspecified atom stereocenters. The summed E-state index contributed by atoms with van der Waals surface area (Å²) in [7, 11) is 1.59. The van der Waals surface area contributed by atoms with Gasteiger partial charge in [0.2, 0.25) is 0 Å². The topological polar surface area (TPSA) is 77.5 Å². The fourth-order valence-corrected chi connectivity index (χ4v) is 3.60. The Bertz CT molecular complexity index is 1340. The summed E-state index contributed by atoms with van der Waals surface area (Å²) in [6, 6.07) is 21.1. The largest absolute Gasteiger partial charge is 0.497 e. The number of halogens is 2. The number of nitrogens with zero attached hydrogens (tertiary/aromatic N) is 1. The van der Waals surface area contributed by atoms with Gasteiger partial charge in [-0.05, 0) is 48.5 Å². The summed E-state index contributed by atoms with van der Waals surface area (Å²) in [6.45, 7) is -0.490. The first kappa shape index (κ1) is 22.6. The van der Waals surface area contributed by atoms with Gasteiger partial charge in [0.25, 0.3) is 5.91 Å². The monoisotopic (exact) mass is 480 g/mol. The third-order valence-electron chi connectivity index (χ3n) is 4.88. The number of anilines is 1. The zero-order chi connectivity index (χ0) is 23.4. The number of nitrogens with one attached hydrogen (secondary N) is 1. The van der Waals surface area contributed by atoms with Gasteiger partial charge in [-0.25, -0.2) is 9.78 Å². The molecule has 1 N–H and O–H groups in total. The number of aromatic nitrogens is 1. The standard InChI is InChI=1S/C25H18Cl2N2O4/c1-32-16-11-9-15(10-12-16)22-13-18(17-5-2-3-7-20(17)28-22)25(31)33-14-23(30)29-21-8-4-6-19(26)24(21)27/h2-13H,14H2,1H3,(H,29,30). The maximum absolute atomic E-state index is 12.9. The molecular weight excluding hydrogens is 463 g/mol. The first-order valence-corrected chi connectivity index (χ1v) is 10.7. The molecule has 0 saturated carbocycles. The van der Waals surface area contributed by atoms with E-state index >= 15 is 0 Å². The van der Waals surface area contributed by atoms with Crippen LogP contribution in [0.1, 0.15) is 10.4 Å². The van der Waals surface area contributed by atoms with Crippen LogP contribution in [0.4, 0.5) is 5.69 Å². The second-order valence-corrected chi connectivity index (χ2v) is 7.81. The molecule has 1 aromatic heterocycles. The Morgan fingerprint density at radius 2 is 1.73 bits per heavy atom. The number of carbonyl (C=O) groups is 2. The van der Waals surface area contributed by atoms with Crippen LogP contribution in [-0.2, 0) is 9.53 Å². The van der Waals surface area contributed by atoms with Crippen molar-refractivity contribution in [3.8, 4) is 17.0 Å². The smallest absolute Gasteiger partial charge is 0.339 e. The predicted octanol–water partition coefficient (Wildman–Crippen LogP) is 6.01. The molecule has 3 aromatic carbocycles. The number of amides is 1. The van der Waals surface area contributed by atoms with Crippen LogP contribution in [-0.4, -0.2) is 30.6 Å². The Kier molecular flexibility index (Phi) is 6.77. The van der Waals surface area contributed by atoms with E-state index in [1.807, 2.05) is 42.5 Å². The Balaban J connectivity index is 1.56. The number of pyridine rings is 1. The summed E-state index contributed by atoms with van der Waals surface area (Å²) in [6.07, 6.45) is 0. The summed E-state index contributed by atoms with van der Waals surface area (Å²) in [5, 5.41) is 3.73. The van der Waals surface area contributed by atoms with Crippen LogP contribution < -0.4 is 10.1 Å². The first-order chi connectivity index (χ1) is 16.0. The van der Waals surface area contributed by atoms with Gasteiger partial charge in [-0.3, -0.25) is 4.79 Å². The Morgan fingerprint density at radius 3 is 2.48 bits per heavy atom. The Labute approximate surface area is 200 Å². The molecule has 0 atom stereocenters. The Hall–Kier alpha value is -3.61. The molecule has 4 aromatic rings. The lowest BCUT2D eigenvalue weighted by Gasteiger charge is -2.11. The van der Waals surface area contributed by atoms with Crippen molar-refractivity contribution in [2.24, 2.45) is 0 Å². The number of fused-ring (bicyclic) bond motifs is 1. The minimum Gasteiger partial charge on any atom is -0.497 e. The SMILES string of the molecule is COc1ccc(-c2cc(C(=O)OCC(=O)Nc3cccc(Cl)c3Cl)c3ccccc3n2)cc1. The van der Waals surface area contributed by atoms with Gasteiger partial charge in [-0.2, -0.15) is 0 Å². The van der Waals surface area contributed by atoms with Crippen molar-refractivity contribution in [1.29, 1.82) is 0 Å². The highest BCUT2D eigenvalue weighted by atomic mass is 35.5. The van der Waals surface area contributed by atoms with E-state index < -0.39 is 18.5 Å². The Morgan fingerprint density at radius 1 is 0.970 bits per heavy atom. The number of methoxy groups -OCH3 is 1. The van der Waals surface area contributed by atoms with Crippen molar-refractivity contribution in [3.05, 3.63) is 88.4 Å². The molecule has 0 bridgehead atoms. The van der Waals surface area contributed by atoms with Gasteiger partial charge in [-0.15, -0.1) is 0 Å². The molecular formula is C25H18Cl2N2O4. The fourth-order valence-electron chi connectivity index (χ4n) is 3.25. The average molecular weight is 481 g/mol. The summed E-state index contributed by atoms with van der Waals surface area (Å²) in [4.78, 5) is 29.9. The van der Waals surface area contributed by atoms with Crippen LogP contribution in [0.3, 0.4) is 0 Å². The summed E-state index contributed by atoms with van der Waals surface area (Å²) in [5.41, 5.74) is 2.68. The van der Waals surface area contributed by atoms with Gasteiger partial charge in [-0.1, -0.05) is 47.5 Å². The molecule has 0 radical (unpaired) electrons. The number of benzene rings is 3. The highest BCUT2D eigenvalue weighted by Gasteiger charge is 2.17. The van der Waals surface area contributed by atoms with Gasteiger partial charge in [0.15, 0.2) is 6.61 Å². The molecule has 8 heteroatoms. The fraction of sp³-hybridized carbons (Fsp3) is 0.0800. The van der Waals surface area contributed by atoms with Gasteiger partial charge in [0.1, 0.15) is 5.75 Å². The zero-order valence-corrected chi connectivity index (χ0v) is 19.0. The van der Waals surface area contributed by atoms with Crippen LogP contribution in [0, 0.1) is 0 Å². The number of para-hydroxylation sites is 1. The van der Waals surface area contributed by atoms with Crippen molar-refractivity contribution in [2.75, 3.05) is 19.0 Å². The molecule has 0 spiro atoms. The number of ether oxygens (including phenoxy) is 2. The molecule has 166 valence electrons. The minimum absolute atomic E-state index is 0.211. The second kappa shape index (κ2) is 9.90. The van der Waals surface area contributed by atoms with E-state index in [2.05, 4.69) is 10.3 Å². The van der Waals surface area contributed by atoms with E-state index in [1.54, 1.807) is 37.4 Å². The number of carbonyl (C=O) groups excluding carboxylic acids is 2. The summed E-state index contributed by atoms with van der Waals surface area (Å²) in [5.74, 6) is -0.470.